The lowest BCUT2D eigenvalue weighted by Crippen LogP contribution is -2.36. The van der Waals surface area contributed by atoms with Gasteiger partial charge < -0.3 is 10.1 Å². The molecule has 0 amide bonds. The van der Waals surface area contributed by atoms with Gasteiger partial charge in [0.2, 0.25) is 0 Å². The van der Waals surface area contributed by atoms with Gasteiger partial charge in [-0.2, -0.15) is 5.10 Å². The van der Waals surface area contributed by atoms with Gasteiger partial charge in [-0.1, -0.05) is 30.3 Å². The van der Waals surface area contributed by atoms with Crippen LogP contribution in [0.5, 0.6) is 0 Å². The van der Waals surface area contributed by atoms with Crippen molar-refractivity contribution >= 4 is 0 Å². The van der Waals surface area contributed by atoms with E-state index in [0.717, 1.165) is 17.8 Å². The average molecular weight is 260 g/mol. The zero-order valence-electron chi connectivity index (χ0n) is 11.6. The third-order valence-corrected chi connectivity index (χ3v) is 3.33. The Bertz CT molecular complexity index is 497. The Morgan fingerprint density at radius 3 is 2.58 bits per heavy atom. The van der Waals surface area contributed by atoms with Gasteiger partial charge in [-0.15, -0.1) is 0 Å². The number of likely N-dealkylation sites (N-methyl/N-ethyl adjacent to an activating group) is 1. The lowest BCUT2D eigenvalue weighted by Gasteiger charge is -2.25. The number of rotatable bonds is 6. The van der Waals surface area contributed by atoms with Crippen LogP contribution in [0.15, 0.2) is 36.7 Å². The molecule has 0 aliphatic carbocycles. The molecule has 0 saturated carbocycles. The predicted molar refractivity (Wildman–Crippen MR) is 73.7 cm³/mol. The van der Waals surface area contributed by atoms with Crippen LogP contribution in [0.1, 0.15) is 17.5 Å². The van der Waals surface area contributed by atoms with Crippen LogP contribution in [-0.4, -0.2) is 35.0 Å². The summed E-state index contributed by atoms with van der Waals surface area (Å²) in [7, 11) is 5.58. The van der Waals surface area contributed by atoms with Crippen LogP contribution in [-0.2, 0) is 18.2 Å². The number of nitrogens with zero attached hydrogens (tertiary/aromatic N) is 3. The smallest absolute Gasteiger partial charge is 0.138 e. The number of benzene rings is 1. The van der Waals surface area contributed by atoms with E-state index in [1.54, 1.807) is 18.1 Å². The standard InChI is InChI=1S/C14H20N4O/c1-15-12(9-13-16-10-17-18(13)2)14(19-3)11-7-5-4-6-8-11/h4-8,10,12,14-15H,9H2,1-3H3. The molecule has 0 fully saturated rings. The SMILES string of the molecule is CNC(Cc1ncnn1C)C(OC)c1ccccc1. The molecule has 0 aliphatic heterocycles. The minimum absolute atomic E-state index is 0.0112. The third-order valence-electron chi connectivity index (χ3n) is 3.33. The van der Waals surface area contributed by atoms with Crippen molar-refractivity contribution in [3.05, 3.63) is 48.0 Å². The minimum atomic E-state index is -0.0112. The first-order valence-electron chi connectivity index (χ1n) is 6.34. The largest absolute Gasteiger partial charge is 0.375 e. The van der Waals surface area contributed by atoms with Crippen molar-refractivity contribution in [1.29, 1.82) is 0 Å². The van der Waals surface area contributed by atoms with Gasteiger partial charge >= 0.3 is 0 Å². The van der Waals surface area contributed by atoms with Crippen molar-refractivity contribution in [2.75, 3.05) is 14.2 Å². The van der Waals surface area contributed by atoms with E-state index in [2.05, 4.69) is 27.5 Å². The molecular formula is C14H20N4O. The maximum Gasteiger partial charge on any atom is 0.138 e. The van der Waals surface area contributed by atoms with Gasteiger partial charge in [-0.25, -0.2) is 4.98 Å². The molecule has 2 rings (SSSR count). The molecule has 1 aromatic carbocycles. The number of aryl methyl sites for hydroxylation is 1. The summed E-state index contributed by atoms with van der Waals surface area (Å²) in [6.07, 6.45) is 2.33. The molecule has 19 heavy (non-hydrogen) atoms. The molecule has 2 unspecified atom stereocenters. The fourth-order valence-electron chi connectivity index (χ4n) is 2.24. The van der Waals surface area contributed by atoms with Crippen molar-refractivity contribution < 1.29 is 4.74 Å². The van der Waals surface area contributed by atoms with Crippen molar-refractivity contribution in [2.24, 2.45) is 7.05 Å². The van der Waals surface area contributed by atoms with Crippen molar-refractivity contribution in [3.8, 4) is 0 Å². The van der Waals surface area contributed by atoms with E-state index in [-0.39, 0.29) is 12.1 Å². The van der Waals surface area contributed by atoms with E-state index in [9.17, 15) is 0 Å². The van der Waals surface area contributed by atoms with Gasteiger partial charge in [-0.05, 0) is 12.6 Å². The molecule has 0 bridgehead atoms. The Kier molecular flexibility index (Phi) is 4.65. The highest BCUT2D eigenvalue weighted by atomic mass is 16.5. The second-order valence-electron chi connectivity index (χ2n) is 4.47. The van der Waals surface area contributed by atoms with Crippen LogP contribution in [0, 0.1) is 0 Å². The maximum atomic E-state index is 5.66. The summed E-state index contributed by atoms with van der Waals surface area (Å²) in [5.41, 5.74) is 1.16. The number of nitrogens with one attached hydrogen (secondary N) is 1. The molecule has 0 radical (unpaired) electrons. The van der Waals surface area contributed by atoms with Crippen LogP contribution in [0.25, 0.3) is 0 Å². The van der Waals surface area contributed by atoms with E-state index in [0.29, 0.717) is 0 Å². The first-order chi connectivity index (χ1) is 9.26. The van der Waals surface area contributed by atoms with Crippen LogP contribution >= 0.6 is 0 Å². The van der Waals surface area contributed by atoms with Crippen LogP contribution in [0.3, 0.4) is 0 Å². The first kappa shape index (κ1) is 13.7. The van der Waals surface area contributed by atoms with E-state index >= 15 is 0 Å². The fourth-order valence-corrected chi connectivity index (χ4v) is 2.24. The zero-order valence-corrected chi connectivity index (χ0v) is 11.6. The van der Waals surface area contributed by atoms with E-state index < -0.39 is 0 Å². The lowest BCUT2D eigenvalue weighted by molar-refractivity contribution is 0.0695. The molecule has 0 aliphatic rings. The Labute approximate surface area is 113 Å². The van der Waals surface area contributed by atoms with Gasteiger partial charge in [0, 0.05) is 26.6 Å². The van der Waals surface area contributed by atoms with Gasteiger partial charge in [0.05, 0.1) is 6.10 Å². The topological polar surface area (TPSA) is 52.0 Å². The number of methoxy groups -OCH3 is 1. The van der Waals surface area contributed by atoms with Crippen LogP contribution in [0.4, 0.5) is 0 Å². The fraction of sp³-hybridized carbons (Fsp3) is 0.429. The lowest BCUT2D eigenvalue weighted by atomic mass is 9.99. The van der Waals surface area contributed by atoms with Gasteiger partial charge in [0.1, 0.15) is 12.2 Å². The molecule has 2 atom stereocenters. The number of hydrogen-bond donors (Lipinski definition) is 1. The molecule has 1 N–H and O–H groups in total. The molecule has 2 aromatic rings. The Morgan fingerprint density at radius 2 is 2.05 bits per heavy atom. The van der Waals surface area contributed by atoms with Gasteiger partial charge in [0.25, 0.3) is 0 Å². The van der Waals surface area contributed by atoms with Crippen molar-refractivity contribution in [3.63, 3.8) is 0 Å². The number of aromatic nitrogens is 3. The van der Waals surface area contributed by atoms with E-state index in [1.165, 1.54) is 0 Å². The van der Waals surface area contributed by atoms with Gasteiger partial charge in [-0.3, -0.25) is 4.68 Å². The minimum Gasteiger partial charge on any atom is -0.375 e. The van der Waals surface area contributed by atoms with Crippen molar-refractivity contribution in [2.45, 2.75) is 18.6 Å². The van der Waals surface area contributed by atoms with Crippen molar-refractivity contribution in [1.82, 2.24) is 20.1 Å². The van der Waals surface area contributed by atoms with Crippen LogP contribution in [0.2, 0.25) is 0 Å². The third kappa shape index (κ3) is 3.19. The Morgan fingerprint density at radius 1 is 1.32 bits per heavy atom. The second-order valence-corrected chi connectivity index (χ2v) is 4.47. The molecule has 0 spiro atoms. The van der Waals surface area contributed by atoms with E-state index in [1.807, 2.05) is 32.3 Å². The van der Waals surface area contributed by atoms with Gasteiger partial charge in [0.15, 0.2) is 0 Å². The molecule has 1 heterocycles. The molecule has 1 aromatic heterocycles. The molecule has 0 saturated heterocycles. The quantitative estimate of drug-likeness (QED) is 0.851. The monoisotopic (exact) mass is 260 g/mol. The highest BCUT2D eigenvalue weighted by molar-refractivity contribution is 5.19. The average Bonchev–Trinajstić information content (AvgIpc) is 2.85. The summed E-state index contributed by atoms with van der Waals surface area (Å²) < 4.78 is 7.45. The summed E-state index contributed by atoms with van der Waals surface area (Å²) in [5.74, 6) is 0.942. The number of hydrogen-bond acceptors (Lipinski definition) is 4. The Balaban J connectivity index is 2.17. The highest BCUT2D eigenvalue weighted by Crippen LogP contribution is 2.22. The molecule has 102 valence electrons. The molecular weight excluding hydrogens is 240 g/mol. The van der Waals surface area contributed by atoms with E-state index in [4.69, 9.17) is 4.74 Å². The first-order valence-corrected chi connectivity index (χ1v) is 6.34. The zero-order chi connectivity index (χ0) is 13.7. The molecule has 5 nitrogen and oxygen atoms in total. The van der Waals surface area contributed by atoms with Crippen LogP contribution < -0.4 is 5.32 Å². The summed E-state index contributed by atoms with van der Waals surface area (Å²) in [4.78, 5) is 4.27. The number of ether oxygens (including phenoxy) is 1. The highest BCUT2D eigenvalue weighted by Gasteiger charge is 2.23. The summed E-state index contributed by atoms with van der Waals surface area (Å²) in [6, 6.07) is 10.4. The second kappa shape index (κ2) is 6.45. The Hall–Kier alpha value is -1.72. The summed E-state index contributed by atoms with van der Waals surface area (Å²) in [5, 5.41) is 7.41. The summed E-state index contributed by atoms with van der Waals surface area (Å²) >= 11 is 0. The predicted octanol–water partition coefficient (Wildman–Crippen LogP) is 1.33. The summed E-state index contributed by atoms with van der Waals surface area (Å²) in [6.45, 7) is 0. The normalized spacial score (nSPS) is 14.3. The molecule has 5 heteroatoms. The maximum absolute atomic E-state index is 5.66.